The first kappa shape index (κ1) is 21.5. The van der Waals surface area contributed by atoms with Crippen LogP contribution in [0.5, 0.6) is 0 Å². The molecule has 0 atom stereocenters. The lowest BCUT2D eigenvalue weighted by molar-refractivity contribution is -0.118. The third-order valence-corrected chi connectivity index (χ3v) is 6.43. The van der Waals surface area contributed by atoms with E-state index >= 15 is 0 Å². The largest absolute Gasteiger partial charge is 0.448 e. The van der Waals surface area contributed by atoms with Crippen LogP contribution in [0.3, 0.4) is 0 Å². The summed E-state index contributed by atoms with van der Waals surface area (Å²) in [6, 6.07) is 21.3. The molecule has 4 aromatic rings. The van der Waals surface area contributed by atoms with E-state index in [1.54, 1.807) is 6.20 Å². The number of benzene rings is 2. The molecule has 2 aromatic heterocycles. The highest BCUT2D eigenvalue weighted by Crippen LogP contribution is 2.33. The molecule has 2 aromatic carbocycles. The van der Waals surface area contributed by atoms with Crippen LogP contribution < -0.4 is 5.43 Å². The number of pyridine rings is 1. The summed E-state index contributed by atoms with van der Waals surface area (Å²) >= 11 is 8.88. The highest BCUT2D eigenvalue weighted by Gasteiger charge is 2.07. The van der Waals surface area contributed by atoms with Gasteiger partial charge in [-0.2, -0.15) is 5.10 Å². The van der Waals surface area contributed by atoms with Crippen molar-refractivity contribution in [3.8, 4) is 0 Å². The molecule has 0 aliphatic carbocycles. The SMILES string of the molecule is O=C(CSCc1ccc(Cl)cc1)NN=Cc1ccc(Sc2cccc3cccnc23)o1. The number of rotatable bonds is 8. The van der Waals surface area contributed by atoms with E-state index in [2.05, 4.69) is 15.5 Å². The number of furan rings is 1. The molecule has 1 amide bonds. The zero-order chi connectivity index (χ0) is 21.5. The van der Waals surface area contributed by atoms with Gasteiger partial charge >= 0.3 is 0 Å². The van der Waals surface area contributed by atoms with Crippen LogP contribution in [0.4, 0.5) is 0 Å². The summed E-state index contributed by atoms with van der Waals surface area (Å²) in [6.07, 6.45) is 3.27. The van der Waals surface area contributed by atoms with Crippen LogP contribution in [0.1, 0.15) is 11.3 Å². The molecule has 1 N–H and O–H groups in total. The highest BCUT2D eigenvalue weighted by atomic mass is 35.5. The van der Waals surface area contributed by atoms with Gasteiger partial charge < -0.3 is 4.42 Å². The van der Waals surface area contributed by atoms with Gasteiger partial charge in [-0.25, -0.2) is 5.43 Å². The maximum Gasteiger partial charge on any atom is 0.250 e. The molecule has 0 spiro atoms. The number of nitrogens with zero attached hydrogens (tertiary/aromatic N) is 2. The predicted octanol–water partition coefficient (Wildman–Crippen LogP) is 6.02. The first-order valence-electron chi connectivity index (χ1n) is 9.43. The Kier molecular flexibility index (Phi) is 7.30. The standard InChI is InChI=1S/C23H18ClN3O2S2/c24-18-8-6-16(7-9-18)14-30-15-21(28)27-26-13-19-10-11-22(29-19)31-20-5-1-3-17-4-2-12-25-23(17)20/h1-13H,14-15H2,(H,27,28). The van der Waals surface area contributed by atoms with Gasteiger partial charge in [0.05, 0.1) is 17.5 Å². The lowest BCUT2D eigenvalue weighted by Gasteiger charge is -2.03. The topological polar surface area (TPSA) is 67.5 Å². The van der Waals surface area contributed by atoms with Gasteiger partial charge in [0.1, 0.15) is 5.76 Å². The van der Waals surface area contributed by atoms with Gasteiger partial charge in [-0.15, -0.1) is 11.8 Å². The van der Waals surface area contributed by atoms with E-state index in [4.69, 9.17) is 16.0 Å². The Hall–Kier alpha value is -2.74. The van der Waals surface area contributed by atoms with Crippen molar-refractivity contribution in [2.24, 2.45) is 5.10 Å². The minimum atomic E-state index is -0.168. The number of hydrazone groups is 1. The molecule has 0 radical (unpaired) electrons. The number of amides is 1. The molecule has 156 valence electrons. The predicted molar refractivity (Wildman–Crippen MR) is 128 cm³/mol. The van der Waals surface area contributed by atoms with Gasteiger partial charge in [0, 0.05) is 27.3 Å². The van der Waals surface area contributed by atoms with Gasteiger partial charge in [-0.05, 0) is 53.7 Å². The first-order valence-corrected chi connectivity index (χ1v) is 11.8. The molecule has 0 bridgehead atoms. The number of fused-ring (bicyclic) bond motifs is 1. The van der Waals surface area contributed by atoms with E-state index < -0.39 is 0 Å². The summed E-state index contributed by atoms with van der Waals surface area (Å²) in [5, 5.41) is 6.49. The fraction of sp³-hybridized carbons (Fsp3) is 0.0870. The molecule has 0 fully saturated rings. The minimum Gasteiger partial charge on any atom is -0.448 e. The second kappa shape index (κ2) is 10.5. The second-order valence-electron chi connectivity index (χ2n) is 6.50. The van der Waals surface area contributed by atoms with Crippen LogP contribution in [0.15, 0.2) is 92.4 Å². The monoisotopic (exact) mass is 467 g/mol. The van der Waals surface area contributed by atoms with Crippen molar-refractivity contribution in [1.29, 1.82) is 0 Å². The van der Waals surface area contributed by atoms with Gasteiger partial charge in [-0.1, -0.05) is 41.9 Å². The van der Waals surface area contributed by atoms with Gasteiger partial charge in [0.2, 0.25) is 5.91 Å². The molecule has 2 heterocycles. The Labute approximate surface area is 193 Å². The van der Waals surface area contributed by atoms with Crippen molar-refractivity contribution in [2.45, 2.75) is 15.7 Å². The molecule has 31 heavy (non-hydrogen) atoms. The van der Waals surface area contributed by atoms with Crippen LogP contribution >= 0.6 is 35.1 Å². The molecule has 8 heteroatoms. The number of nitrogens with one attached hydrogen (secondary N) is 1. The summed E-state index contributed by atoms with van der Waals surface area (Å²) in [4.78, 5) is 17.4. The van der Waals surface area contributed by atoms with E-state index in [0.29, 0.717) is 16.5 Å². The Morgan fingerprint density at radius 1 is 1.10 bits per heavy atom. The van der Waals surface area contributed by atoms with Crippen LogP contribution in [0, 0.1) is 0 Å². The van der Waals surface area contributed by atoms with Gasteiger partial charge in [0.25, 0.3) is 0 Å². The number of hydrogen-bond acceptors (Lipinski definition) is 6. The van der Waals surface area contributed by atoms with Gasteiger partial charge in [-0.3, -0.25) is 9.78 Å². The Balaban J connectivity index is 1.26. The lowest BCUT2D eigenvalue weighted by atomic mass is 10.2. The zero-order valence-electron chi connectivity index (χ0n) is 16.3. The average molecular weight is 468 g/mol. The number of carbonyl (C=O) groups excluding carboxylic acids is 1. The van der Waals surface area contributed by atoms with Gasteiger partial charge in [0.15, 0.2) is 5.09 Å². The quantitative estimate of drug-likeness (QED) is 0.253. The molecule has 0 aliphatic rings. The number of para-hydroxylation sites is 1. The Morgan fingerprint density at radius 3 is 2.81 bits per heavy atom. The van der Waals surface area contributed by atoms with E-state index in [0.717, 1.165) is 32.2 Å². The molecule has 5 nitrogen and oxygen atoms in total. The molecule has 0 aliphatic heterocycles. The molecule has 0 saturated heterocycles. The third kappa shape index (κ3) is 6.13. The molecular formula is C23H18ClN3O2S2. The summed E-state index contributed by atoms with van der Waals surface area (Å²) in [5.41, 5.74) is 4.57. The summed E-state index contributed by atoms with van der Waals surface area (Å²) < 4.78 is 5.79. The maximum atomic E-state index is 11.9. The lowest BCUT2D eigenvalue weighted by Crippen LogP contribution is -2.19. The summed E-state index contributed by atoms with van der Waals surface area (Å²) in [5.74, 6) is 1.44. The van der Waals surface area contributed by atoms with Crippen LogP contribution in [-0.4, -0.2) is 22.9 Å². The van der Waals surface area contributed by atoms with E-state index in [-0.39, 0.29) is 5.91 Å². The van der Waals surface area contributed by atoms with Crippen LogP contribution in [0.2, 0.25) is 5.02 Å². The molecular weight excluding hydrogens is 450 g/mol. The van der Waals surface area contributed by atoms with Crippen LogP contribution in [-0.2, 0) is 10.5 Å². The zero-order valence-corrected chi connectivity index (χ0v) is 18.7. The molecule has 0 unspecified atom stereocenters. The van der Waals surface area contributed by atoms with E-state index in [1.165, 1.54) is 29.7 Å². The van der Waals surface area contributed by atoms with Crippen molar-refractivity contribution < 1.29 is 9.21 Å². The maximum absolute atomic E-state index is 11.9. The molecule has 0 saturated carbocycles. The summed E-state index contributed by atoms with van der Waals surface area (Å²) in [7, 11) is 0. The fourth-order valence-electron chi connectivity index (χ4n) is 2.77. The van der Waals surface area contributed by atoms with Crippen molar-refractivity contribution in [3.63, 3.8) is 0 Å². The number of aromatic nitrogens is 1. The number of halogens is 1. The van der Waals surface area contributed by atoms with E-state index in [1.807, 2.05) is 66.7 Å². The fourth-order valence-corrected chi connectivity index (χ4v) is 4.58. The highest BCUT2D eigenvalue weighted by molar-refractivity contribution is 7.99. The average Bonchev–Trinajstić information content (AvgIpc) is 3.23. The smallest absolute Gasteiger partial charge is 0.250 e. The van der Waals surface area contributed by atoms with E-state index in [9.17, 15) is 4.79 Å². The normalized spacial score (nSPS) is 11.3. The Morgan fingerprint density at radius 2 is 1.94 bits per heavy atom. The van der Waals surface area contributed by atoms with Crippen molar-refractivity contribution in [3.05, 3.63) is 89.3 Å². The minimum absolute atomic E-state index is 0.168. The number of carbonyl (C=O) groups is 1. The second-order valence-corrected chi connectivity index (χ2v) is 8.97. The molecule has 4 rings (SSSR count). The number of thioether (sulfide) groups is 1. The first-order chi connectivity index (χ1) is 15.2. The summed E-state index contributed by atoms with van der Waals surface area (Å²) in [6.45, 7) is 0. The van der Waals surface area contributed by atoms with Crippen molar-refractivity contribution >= 4 is 58.1 Å². The third-order valence-electron chi connectivity index (χ3n) is 4.20. The number of hydrogen-bond donors (Lipinski definition) is 1. The van der Waals surface area contributed by atoms with Crippen LogP contribution in [0.25, 0.3) is 10.9 Å². The Bertz CT molecular complexity index is 1200. The van der Waals surface area contributed by atoms with Crippen molar-refractivity contribution in [2.75, 3.05) is 5.75 Å². The van der Waals surface area contributed by atoms with Crippen molar-refractivity contribution in [1.82, 2.24) is 10.4 Å².